The van der Waals surface area contributed by atoms with Gasteiger partial charge in [-0.1, -0.05) is 0 Å². The number of methoxy groups -OCH3 is 1. The number of rotatable bonds is 4. The second kappa shape index (κ2) is 5.04. The van der Waals surface area contributed by atoms with E-state index in [9.17, 15) is 23.3 Å². The van der Waals surface area contributed by atoms with Crippen molar-refractivity contribution in [3.63, 3.8) is 0 Å². The minimum absolute atomic E-state index is 0.194. The van der Waals surface area contributed by atoms with E-state index in [0.29, 0.717) is 0 Å². The summed E-state index contributed by atoms with van der Waals surface area (Å²) in [6.07, 6.45) is -4.96. The molecule has 1 rings (SSSR count). The summed E-state index contributed by atoms with van der Waals surface area (Å²) in [5.74, 6) is -2.10. The van der Waals surface area contributed by atoms with Gasteiger partial charge in [0.1, 0.15) is 0 Å². The van der Waals surface area contributed by atoms with Crippen molar-refractivity contribution >= 4 is 5.82 Å². The molecule has 100 valence electrons. The Morgan fingerprint density at radius 2 is 2.17 bits per heavy atom. The molecule has 0 atom stereocenters. The van der Waals surface area contributed by atoms with Gasteiger partial charge >= 0.3 is 18.1 Å². The van der Waals surface area contributed by atoms with Crippen molar-refractivity contribution in [2.24, 2.45) is 5.73 Å². The Bertz CT molecular complexity index is 464. The van der Waals surface area contributed by atoms with Crippen LogP contribution in [0.1, 0.15) is 5.56 Å². The largest absolute Gasteiger partial charge is 0.573 e. The van der Waals surface area contributed by atoms with Crippen LogP contribution >= 0.6 is 0 Å². The molecule has 0 spiro atoms. The second-order valence-electron chi connectivity index (χ2n) is 2.99. The molecule has 0 unspecified atom stereocenters. The molecule has 7 nitrogen and oxygen atoms in total. The molecular formula is C8H8F3N3O4. The van der Waals surface area contributed by atoms with Crippen LogP contribution in [0.5, 0.6) is 11.6 Å². The molecule has 18 heavy (non-hydrogen) atoms. The zero-order chi connectivity index (χ0) is 13.9. The fourth-order valence-electron chi connectivity index (χ4n) is 1.16. The summed E-state index contributed by atoms with van der Waals surface area (Å²) in [4.78, 5) is 13.1. The number of nitro groups is 1. The first-order valence-corrected chi connectivity index (χ1v) is 4.46. The maximum atomic E-state index is 12.1. The summed E-state index contributed by atoms with van der Waals surface area (Å²) in [5, 5.41) is 10.6. The Balaban J connectivity index is 3.30. The molecule has 1 aromatic rings. The zero-order valence-electron chi connectivity index (χ0n) is 9.02. The van der Waals surface area contributed by atoms with Crippen molar-refractivity contribution < 1.29 is 27.6 Å². The van der Waals surface area contributed by atoms with Gasteiger partial charge in [-0.3, -0.25) is 0 Å². The molecule has 10 heteroatoms. The minimum atomic E-state index is -4.96. The van der Waals surface area contributed by atoms with E-state index in [1.807, 2.05) is 0 Å². The van der Waals surface area contributed by atoms with Crippen molar-refractivity contribution in [1.82, 2.24) is 4.98 Å². The Kier molecular flexibility index (Phi) is 3.91. The van der Waals surface area contributed by atoms with Crippen LogP contribution in [0.2, 0.25) is 0 Å². The Morgan fingerprint density at radius 3 is 2.56 bits per heavy atom. The average molecular weight is 267 g/mol. The van der Waals surface area contributed by atoms with Gasteiger partial charge in [0.25, 0.3) is 0 Å². The van der Waals surface area contributed by atoms with Gasteiger partial charge in [-0.2, -0.15) is 0 Å². The lowest BCUT2D eigenvalue weighted by Gasteiger charge is -2.10. The number of hydrogen-bond donors (Lipinski definition) is 1. The highest BCUT2D eigenvalue weighted by Crippen LogP contribution is 2.34. The Labute approximate surface area is 98.5 Å². The van der Waals surface area contributed by atoms with Crippen molar-refractivity contribution in [1.29, 1.82) is 0 Å². The molecular weight excluding hydrogens is 259 g/mol. The highest BCUT2D eigenvalue weighted by atomic mass is 19.4. The SMILES string of the molecule is COc1nc([N+](=O)[O-])c(CN)cc1OC(F)(F)F. The predicted octanol–water partition coefficient (Wildman–Crippen LogP) is 1.36. The van der Waals surface area contributed by atoms with Crippen molar-refractivity contribution in [2.75, 3.05) is 7.11 Å². The summed E-state index contributed by atoms with van der Waals surface area (Å²) in [6.45, 7) is -0.360. The van der Waals surface area contributed by atoms with Crippen LogP contribution in [0, 0.1) is 10.1 Å². The molecule has 0 aliphatic heterocycles. The fourth-order valence-corrected chi connectivity index (χ4v) is 1.16. The average Bonchev–Trinajstić information content (AvgIpc) is 2.25. The van der Waals surface area contributed by atoms with Crippen LogP contribution < -0.4 is 15.2 Å². The maximum Gasteiger partial charge on any atom is 0.573 e. The molecule has 0 amide bonds. The first-order chi connectivity index (χ1) is 8.28. The van der Waals surface area contributed by atoms with Crippen LogP contribution in [0.4, 0.5) is 19.0 Å². The van der Waals surface area contributed by atoms with Crippen LogP contribution in [-0.4, -0.2) is 23.4 Å². The van der Waals surface area contributed by atoms with E-state index >= 15 is 0 Å². The zero-order valence-corrected chi connectivity index (χ0v) is 9.02. The van der Waals surface area contributed by atoms with Gasteiger partial charge in [-0.25, -0.2) is 0 Å². The molecule has 2 N–H and O–H groups in total. The first kappa shape index (κ1) is 14.0. The minimum Gasteiger partial charge on any atom is -0.460 e. The highest BCUT2D eigenvalue weighted by Gasteiger charge is 2.35. The lowest BCUT2D eigenvalue weighted by molar-refractivity contribution is -0.390. The van der Waals surface area contributed by atoms with E-state index in [4.69, 9.17) is 5.73 Å². The number of ether oxygens (including phenoxy) is 2. The van der Waals surface area contributed by atoms with Crippen LogP contribution in [-0.2, 0) is 6.54 Å². The standard InChI is InChI=1S/C8H8F3N3O4/c1-17-7-5(18-8(9,10)11)2-4(3-12)6(13-7)14(15)16/h2H,3,12H2,1H3. The summed E-state index contributed by atoms with van der Waals surface area (Å²) < 4.78 is 44.4. The molecule has 0 saturated carbocycles. The molecule has 1 aromatic heterocycles. The van der Waals surface area contributed by atoms with E-state index in [1.165, 1.54) is 0 Å². The molecule has 0 aliphatic carbocycles. The molecule has 0 fully saturated rings. The lowest BCUT2D eigenvalue weighted by Crippen LogP contribution is -2.18. The number of nitrogens with two attached hydrogens (primary N) is 1. The second-order valence-corrected chi connectivity index (χ2v) is 2.99. The summed E-state index contributed by atoms with van der Waals surface area (Å²) in [5.41, 5.74) is 5.00. The van der Waals surface area contributed by atoms with Crippen LogP contribution in [0.15, 0.2) is 6.07 Å². The van der Waals surface area contributed by atoms with Gasteiger partial charge in [0, 0.05) is 17.6 Å². The smallest absolute Gasteiger partial charge is 0.460 e. The number of hydrogen-bond acceptors (Lipinski definition) is 6. The number of halogens is 3. The van der Waals surface area contributed by atoms with E-state index in [0.717, 1.165) is 13.2 Å². The summed E-state index contributed by atoms with van der Waals surface area (Å²) in [7, 11) is 1.01. The highest BCUT2D eigenvalue weighted by molar-refractivity contribution is 5.45. The van der Waals surface area contributed by atoms with E-state index in [2.05, 4.69) is 14.5 Å². The van der Waals surface area contributed by atoms with Crippen molar-refractivity contribution in [3.05, 3.63) is 21.7 Å². The van der Waals surface area contributed by atoms with E-state index in [1.54, 1.807) is 0 Å². The van der Waals surface area contributed by atoms with Gasteiger partial charge in [0.05, 0.1) is 12.7 Å². The predicted molar refractivity (Wildman–Crippen MR) is 52.0 cm³/mol. The molecule has 0 bridgehead atoms. The molecule has 0 aliphatic rings. The van der Waals surface area contributed by atoms with E-state index in [-0.39, 0.29) is 12.1 Å². The number of aromatic nitrogens is 1. The first-order valence-electron chi connectivity index (χ1n) is 4.46. The third-order valence-corrected chi connectivity index (χ3v) is 1.82. The van der Waals surface area contributed by atoms with Crippen LogP contribution in [0.25, 0.3) is 0 Å². The van der Waals surface area contributed by atoms with Gasteiger partial charge in [0.15, 0.2) is 0 Å². The molecule has 0 aromatic carbocycles. The number of nitrogens with zero attached hydrogens (tertiary/aromatic N) is 2. The fraction of sp³-hybridized carbons (Fsp3) is 0.375. The molecule has 0 radical (unpaired) electrons. The van der Waals surface area contributed by atoms with Gasteiger partial charge < -0.3 is 25.3 Å². The van der Waals surface area contributed by atoms with Crippen molar-refractivity contribution in [2.45, 2.75) is 12.9 Å². The van der Waals surface area contributed by atoms with Gasteiger partial charge in [0.2, 0.25) is 5.75 Å². The van der Waals surface area contributed by atoms with Crippen LogP contribution in [0.3, 0.4) is 0 Å². The molecule has 1 heterocycles. The Morgan fingerprint density at radius 1 is 1.56 bits per heavy atom. The number of alkyl halides is 3. The molecule has 0 saturated heterocycles. The Hall–Kier alpha value is -2.10. The van der Waals surface area contributed by atoms with Gasteiger partial charge in [-0.05, 0) is 4.92 Å². The van der Waals surface area contributed by atoms with E-state index < -0.39 is 28.7 Å². The topological polar surface area (TPSA) is 101 Å². The maximum absolute atomic E-state index is 12.1. The third-order valence-electron chi connectivity index (χ3n) is 1.82. The summed E-state index contributed by atoms with van der Waals surface area (Å²) >= 11 is 0. The number of pyridine rings is 1. The van der Waals surface area contributed by atoms with Crippen molar-refractivity contribution in [3.8, 4) is 11.6 Å². The quantitative estimate of drug-likeness (QED) is 0.652. The van der Waals surface area contributed by atoms with Gasteiger partial charge in [-0.15, -0.1) is 13.2 Å². The third kappa shape index (κ3) is 3.20. The summed E-state index contributed by atoms with van der Waals surface area (Å²) in [6, 6.07) is 0.775. The lowest BCUT2D eigenvalue weighted by atomic mass is 10.2. The monoisotopic (exact) mass is 267 g/mol. The normalized spacial score (nSPS) is 11.2.